The Bertz CT molecular complexity index is 1080. The molecule has 2 amide bonds. The summed E-state index contributed by atoms with van der Waals surface area (Å²) in [4.78, 5) is 27.7. The molecular formula is C23H29ClN4O4S. The van der Waals surface area contributed by atoms with Gasteiger partial charge in [-0.1, -0.05) is 25.4 Å². The first-order valence-electron chi connectivity index (χ1n) is 10.7. The molecular weight excluding hydrogens is 464 g/mol. The van der Waals surface area contributed by atoms with Gasteiger partial charge in [0.2, 0.25) is 15.9 Å². The number of likely N-dealkylation sites (N-methyl/N-ethyl adjacent to an activating group) is 1. The molecule has 10 heteroatoms. The number of rotatable bonds is 7. The molecule has 0 spiro atoms. The van der Waals surface area contributed by atoms with Crippen molar-refractivity contribution in [2.24, 2.45) is 5.92 Å². The summed E-state index contributed by atoms with van der Waals surface area (Å²) >= 11 is 5.86. The molecule has 0 aromatic heterocycles. The lowest BCUT2D eigenvalue weighted by molar-refractivity contribution is -0.118. The normalized spacial score (nSPS) is 16.4. The monoisotopic (exact) mass is 492 g/mol. The molecule has 0 unspecified atom stereocenters. The topological polar surface area (TPSA) is 98.8 Å². The average Bonchev–Trinajstić information content (AvgIpc) is 2.78. The number of anilines is 1. The number of hydrogen-bond donors (Lipinski definition) is 2. The maximum absolute atomic E-state index is 12.9. The molecule has 1 saturated heterocycles. The quantitative estimate of drug-likeness (QED) is 0.619. The van der Waals surface area contributed by atoms with Crippen LogP contribution in [-0.2, 0) is 14.8 Å². The van der Waals surface area contributed by atoms with Gasteiger partial charge >= 0.3 is 0 Å². The molecule has 0 radical (unpaired) electrons. The third kappa shape index (κ3) is 6.32. The molecule has 1 aliphatic heterocycles. The highest BCUT2D eigenvalue weighted by molar-refractivity contribution is 7.89. The maximum Gasteiger partial charge on any atom is 0.251 e. The Hall–Kier alpha value is -2.46. The van der Waals surface area contributed by atoms with E-state index in [4.69, 9.17) is 11.6 Å². The second-order valence-electron chi connectivity index (χ2n) is 8.42. The summed E-state index contributed by atoms with van der Waals surface area (Å²) < 4.78 is 27.2. The van der Waals surface area contributed by atoms with E-state index in [2.05, 4.69) is 15.5 Å². The van der Waals surface area contributed by atoms with E-state index in [1.807, 2.05) is 20.9 Å². The van der Waals surface area contributed by atoms with E-state index in [-0.39, 0.29) is 22.6 Å². The van der Waals surface area contributed by atoms with E-state index < -0.39 is 16.1 Å². The molecule has 178 valence electrons. The standard InChI is InChI=1S/C23H29ClN4O4S/c1-16(2)21(26-22(29)17-4-6-18(24)7-5-17)23(30)25-19-8-10-20(11-9-19)33(31,32)28-14-12-27(3)13-15-28/h4-11,16,21H,12-15H2,1-3H3,(H,25,30)(H,26,29)/t21-/m0/s1. The van der Waals surface area contributed by atoms with Crippen LogP contribution in [0.4, 0.5) is 5.69 Å². The van der Waals surface area contributed by atoms with Crippen molar-refractivity contribution in [1.82, 2.24) is 14.5 Å². The smallest absolute Gasteiger partial charge is 0.251 e. The third-order valence-electron chi connectivity index (χ3n) is 5.56. The van der Waals surface area contributed by atoms with Crippen molar-refractivity contribution >= 4 is 39.1 Å². The number of benzene rings is 2. The highest BCUT2D eigenvalue weighted by atomic mass is 35.5. The van der Waals surface area contributed by atoms with E-state index in [1.54, 1.807) is 36.4 Å². The minimum absolute atomic E-state index is 0.168. The molecule has 1 heterocycles. The molecule has 0 bridgehead atoms. The van der Waals surface area contributed by atoms with Gasteiger partial charge < -0.3 is 15.5 Å². The van der Waals surface area contributed by atoms with Crippen molar-refractivity contribution in [3.8, 4) is 0 Å². The molecule has 2 N–H and O–H groups in total. The van der Waals surface area contributed by atoms with Crippen molar-refractivity contribution < 1.29 is 18.0 Å². The van der Waals surface area contributed by atoms with Crippen molar-refractivity contribution in [2.75, 3.05) is 38.5 Å². The molecule has 1 atom stereocenters. The molecule has 3 rings (SSSR count). The zero-order valence-electron chi connectivity index (χ0n) is 18.9. The van der Waals surface area contributed by atoms with Crippen LogP contribution >= 0.6 is 11.6 Å². The number of nitrogens with zero attached hydrogens (tertiary/aromatic N) is 2. The fourth-order valence-electron chi connectivity index (χ4n) is 3.47. The second kappa shape index (κ2) is 10.6. The lowest BCUT2D eigenvalue weighted by atomic mass is 10.0. The van der Waals surface area contributed by atoms with E-state index >= 15 is 0 Å². The number of sulfonamides is 1. The Morgan fingerprint density at radius 2 is 1.52 bits per heavy atom. The van der Waals surface area contributed by atoms with Gasteiger partial charge in [0.25, 0.3) is 5.91 Å². The van der Waals surface area contributed by atoms with Gasteiger partial charge in [-0.05, 0) is 61.5 Å². The van der Waals surface area contributed by atoms with Crippen LogP contribution in [0.2, 0.25) is 5.02 Å². The third-order valence-corrected chi connectivity index (χ3v) is 7.73. The lowest BCUT2D eigenvalue weighted by Crippen LogP contribution is -2.47. The van der Waals surface area contributed by atoms with Crippen LogP contribution in [0.25, 0.3) is 0 Å². The number of carbonyl (C=O) groups is 2. The van der Waals surface area contributed by atoms with Crippen molar-refractivity contribution in [3.05, 3.63) is 59.1 Å². The zero-order chi connectivity index (χ0) is 24.2. The van der Waals surface area contributed by atoms with Crippen molar-refractivity contribution in [3.63, 3.8) is 0 Å². The predicted molar refractivity (Wildman–Crippen MR) is 129 cm³/mol. The summed E-state index contributed by atoms with van der Waals surface area (Å²) in [7, 11) is -1.62. The van der Waals surface area contributed by atoms with Gasteiger partial charge in [0.1, 0.15) is 6.04 Å². The number of carbonyl (C=O) groups excluding carboxylic acids is 2. The lowest BCUT2D eigenvalue weighted by Gasteiger charge is -2.31. The minimum Gasteiger partial charge on any atom is -0.340 e. The first kappa shape index (κ1) is 25.2. The average molecular weight is 493 g/mol. The van der Waals surface area contributed by atoms with E-state index in [1.165, 1.54) is 16.4 Å². The predicted octanol–water partition coefficient (Wildman–Crippen LogP) is 2.67. The number of amides is 2. The Balaban J connectivity index is 1.66. The van der Waals surface area contributed by atoms with Gasteiger partial charge in [0.05, 0.1) is 4.90 Å². The highest BCUT2D eigenvalue weighted by Gasteiger charge is 2.28. The summed E-state index contributed by atoms with van der Waals surface area (Å²) in [5, 5.41) is 6.03. The molecule has 8 nitrogen and oxygen atoms in total. The Morgan fingerprint density at radius 1 is 0.939 bits per heavy atom. The molecule has 1 fully saturated rings. The van der Waals surface area contributed by atoms with Gasteiger partial charge in [-0.2, -0.15) is 4.31 Å². The number of piperazine rings is 1. The van der Waals surface area contributed by atoms with Gasteiger partial charge in [0, 0.05) is 42.5 Å². The Labute approximate surface area is 200 Å². The molecule has 33 heavy (non-hydrogen) atoms. The number of halogens is 1. The molecule has 2 aromatic rings. The minimum atomic E-state index is -3.58. The molecule has 1 aliphatic rings. The molecule has 0 saturated carbocycles. The van der Waals surface area contributed by atoms with E-state index in [0.717, 1.165) is 0 Å². The van der Waals surface area contributed by atoms with Crippen LogP contribution in [-0.4, -0.2) is 68.7 Å². The fraction of sp³-hybridized carbons (Fsp3) is 0.391. The number of hydrogen-bond acceptors (Lipinski definition) is 5. The number of nitrogens with one attached hydrogen (secondary N) is 2. The van der Waals surface area contributed by atoms with Gasteiger partial charge in [-0.25, -0.2) is 8.42 Å². The van der Waals surface area contributed by atoms with Crippen LogP contribution in [0.3, 0.4) is 0 Å². The van der Waals surface area contributed by atoms with E-state index in [9.17, 15) is 18.0 Å². The summed E-state index contributed by atoms with van der Waals surface area (Å²) in [5.41, 5.74) is 0.847. The summed E-state index contributed by atoms with van der Waals surface area (Å²) in [6, 6.07) is 11.7. The summed E-state index contributed by atoms with van der Waals surface area (Å²) in [5.74, 6) is -0.936. The Morgan fingerprint density at radius 3 is 2.06 bits per heavy atom. The largest absolute Gasteiger partial charge is 0.340 e. The SMILES string of the molecule is CC(C)[C@H](NC(=O)c1ccc(Cl)cc1)C(=O)Nc1ccc(S(=O)(=O)N2CCN(C)CC2)cc1. The summed E-state index contributed by atoms with van der Waals surface area (Å²) in [6.45, 7) is 5.93. The molecule has 0 aliphatic carbocycles. The van der Waals surface area contributed by atoms with Gasteiger partial charge in [-0.3, -0.25) is 9.59 Å². The fourth-order valence-corrected chi connectivity index (χ4v) is 5.02. The summed E-state index contributed by atoms with van der Waals surface area (Å²) in [6.07, 6.45) is 0. The van der Waals surface area contributed by atoms with Gasteiger partial charge in [0.15, 0.2) is 0 Å². The zero-order valence-corrected chi connectivity index (χ0v) is 20.5. The van der Waals surface area contributed by atoms with Crippen LogP contribution < -0.4 is 10.6 Å². The molecule has 2 aromatic carbocycles. The van der Waals surface area contributed by atoms with Crippen LogP contribution in [0.1, 0.15) is 24.2 Å². The first-order chi connectivity index (χ1) is 15.6. The van der Waals surface area contributed by atoms with Crippen molar-refractivity contribution in [1.29, 1.82) is 0 Å². The van der Waals surface area contributed by atoms with Crippen LogP contribution in [0.15, 0.2) is 53.4 Å². The first-order valence-corrected chi connectivity index (χ1v) is 12.6. The van der Waals surface area contributed by atoms with Crippen LogP contribution in [0.5, 0.6) is 0 Å². The highest BCUT2D eigenvalue weighted by Crippen LogP contribution is 2.20. The van der Waals surface area contributed by atoms with Crippen molar-refractivity contribution in [2.45, 2.75) is 24.8 Å². The Kier molecular flexibility index (Phi) is 8.12. The van der Waals surface area contributed by atoms with Crippen LogP contribution in [0, 0.1) is 5.92 Å². The second-order valence-corrected chi connectivity index (χ2v) is 10.8. The van der Waals surface area contributed by atoms with Gasteiger partial charge in [-0.15, -0.1) is 0 Å². The maximum atomic E-state index is 12.9. The van der Waals surface area contributed by atoms with E-state index in [0.29, 0.717) is 42.5 Å².